The van der Waals surface area contributed by atoms with E-state index < -0.39 is 23.8 Å². The van der Waals surface area contributed by atoms with Crippen LogP contribution in [0.15, 0.2) is 18.2 Å². The number of benzene rings is 1. The lowest BCUT2D eigenvalue weighted by Crippen LogP contribution is -2.41. The predicted molar refractivity (Wildman–Crippen MR) is 94.0 cm³/mol. The van der Waals surface area contributed by atoms with Gasteiger partial charge in [0.1, 0.15) is 6.04 Å². The second kappa shape index (κ2) is 10.4. The SMILES string of the molecule is COC(=O)[C@@H](CCSC)NC(=O)c1ccc(OCC(N)=O)c(OC)c1. The number of rotatable bonds is 10. The average molecular weight is 370 g/mol. The number of hydrogen-bond donors (Lipinski definition) is 2. The van der Waals surface area contributed by atoms with Crippen LogP contribution in [0.25, 0.3) is 0 Å². The highest BCUT2D eigenvalue weighted by molar-refractivity contribution is 7.98. The van der Waals surface area contributed by atoms with Crippen LogP contribution in [-0.2, 0) is 14.3 Å². The summed E-state index contributed by atoms with van der Waals surface area (Å²) in [5.74, 6) is -0.327. The molecule has 0 aliphatic rings. The predicted octanol–water partition coefficient (Wildman–Crippen LogP) is 0.584. The standard InChI is InChI=1S/C16H22N2O6S/c1-22-13-8-10(4-5-12(13)24-9-14(17)19)15(20)18-11(6-7-25-3)16(21)23-2/h4-5,8,11H,6-7,9H2,1-3H3,(H2,17,19)(H,18,20)/t11-/m1/s1. The number of nitrogens with one attached hydrogen (secondary N) is 1. The monoisotopic (exact) mass is 370 g/mol. The Kier molecular flexibility index (Phi) is 8.62. The minimum atomic E-state index is -0.735. The molecular formula is C16H22N2O6S. The average Bonchev–Trinajstić information content (AvgIpc) is 2.62. The van der Waals surface area contributed by atoms with E-state index in [0.29, 0.717) is 12.2 Å². The smallest absolute Gasteiger partial charge is 0.328 e. The number of methoxy groups -OCH3 is 2. The fraction of sp³-hybridized carbons (Fsp3) is 0.438. The number of thioether (sulfide) groups is 1. The lowest BCUT2D eigenvalue weighted by molar-refractivity contribution is -0.142. The molecule has 2 amide bonds. The summed E-state index contributed by atoms with van der Waals surface area (Å²) in [5, 5.41) is 2.64. The summed E-state index contributed by atoms with van der Waals surface area (Å²) < 4.78 is 15.1. The van der Waals surface area contributed by atoms with Crippen molar-refractivity contribution in [1.82, 2.24) is 5.32 Å². The van der Waals surface area contributed by atoms with E-state index in [0.717, 1.165) is 0 Å². The number of carbonyl (C=O) groups is 3. The molecule has 3 N–H and O–H groups in total. The number of primary amides is 1. The van der Waals surface area contributed by atoms with Gasteiger partial charge in [-0.05, 0) is 36.6 Å². The fourth-order valence-electron chi connectivity index (χ4n) is 1.95. The molecule has 1 atom stereocenters. The summed E-state index contributed by atoms with van der Waals surface area (Å²) in [5.41, 5.74) is 5.31. The highest BCUT2D eigenvalue weighted by Gasteiger charge is 2.22. The molecule has 0 aromatic heterocycles. The van der Waals surface area contributed by atoms with Crippen LogP contribution in [0.5, 0.6) is 11.5 Å². The minimum Gasteiger partial charge on any atom is -0.493 e. The number of ether oxygens (including phenoxy) is 3. The molecular weight excluding hydrogens is 348 g/mol. The van der Waals surface area contributed by atoms with Crippen molar-refractivity contribution in [2.45, 2.75) is 12.5 Å². The quantitative estimate of drug-likeness (QED) is 0.579. The van der Waals surface area contributed by atoms with Crippen LogP contribution in [0.3, 0.4) is 0 Å². The second-order valence-electron chi connectivity index (χ2n) is 4.95. The van der Waals surface area contributed by atoms with Crippen molar-refractivity contribution >= 4 is 29.5 Å². The van der Waals surface area contributed by atoms with Crippen LogP contribution >= 0.6 is 11.8 Å². The maximum Gasteiger partial charge on any atom is 0.328 e. The molecule has 0 aliphatic heterocycles. The van der Waals surface area contributed by atoms with Gasteiger partial charge in [0, 0.05) is 5.56 Å². The first-order chi connectivity index (χ1) is 11.9. The molecule has 0 saturated carbocycles. The van der Waals surface area contributed by atoms with Crippen molar-refractivity contribution in [2.75, 3.05) is 32.8 Å². The molecule has 0 unspecified atom stereocenters. The van der Waals surface area contributed by atoms with E-state index in [1.165, 1.54) is 32.4 Å². The van der Waals surface area contributed by atoms with Crippen molar-refractivity contribution in [3.8, 4) is 11.5 Å². The third-order valence-corrected chi connectivity index (χ3v) is 3.84. The summed E-state index contributed by atoms with van der Waals surface area (Å²) in [6, 6.07) is 3.71. The molecule has 0 bridgehead atoms. The third-order valence-electron chi connectivity index (χ3n) is 3.20. The summed E-state index contributed by atoms with van der Waals surface area (Å²) >= 11 is 1.56. The maximum atomic E-state index is 12.4. The highest BCUT2D eigenvalue weighted by Crippen LogP contribution is 2.28. The first-order valence-corrected chi connectivity index (χ1v) is 8.79. The van der Waals surface area contributed by atoms with Gasteiger partial charge >= 0.3 is 5.97 Å². The van der Waals surface area contributed by atoms with E-state index in [9.17, 15) is 14.4 Å². The van der Waals surface area contributed by atoms with E-state index in [4.69, 9.17) is 19.9 Å². The minimum absolute atomic E-state index is 0.271. The molecule has 9 heteroatoms. The number of amides is 2. The van der Waals surface area contributed by atoms with Crippen LogP contribution < -0.4 is 20.5 Å². The molecule has 25 heavy (non-hydrogen) atoms. The van der Waals surface area contributed by atoms with Gasteiger partial charge in [-0.1, -0.05) is 0 Å². The summed E-state index contributed by atoms with van der Waals surface area (Å²) in [6.07, 6.45) is 2.36. The third kappa shape index (κ3) is 6.54. The molecule has 0 radical (unpaired) electrons. The van der Waals surface area contributed by atoms with Crippen molar-refractivity contribution < 1.29 is 28.6 Å². The van der Waals surface area contributed by atoms with Gasteiger partial charge in [-0.3, -0.25) is 9.59 Å². The van der Waals surface area contributed by atoms with E-state index in [1.54, 1.807) is 11.8 Å². The van der Waals surface area contributed by atoms with Gasteiger partial charge in [-0.25, -0.2) is 4.79 Å². The van der Waals surface area contributed by atoms with Gasteiger partial charge in [0.2, 0.25) is 0 Å². The summed E-state index contributed by atoms with van der Waals surface area (Å²) in [7, 11) is 2.68. The summed E-state index contributed by atoms with van der Waals surface area (Å²) in [4.78, 5) is 35.0. The molecule has 0 spiro atoms. The Labute approximate surface area is 150 Å². The van der Waals surface area contributed by atoms with Crippen LogP contribution in [0.1, 0.15) is 16.8 Å². The molecule has 8 nitrogen and oxygen atoms in total. The largest absolute Gasteiger partial charge is 0.493 e. The molecule has 1 rings (SSSR count). The maximum absolute atomic E-state index is 12.4. The number of nitrogens with two attached hydrogens (primary N) is 1. The zero-order valence-corrected chi connectivity index (χ0v) is 15.2. The molecule has 0 heterocycles. The Morgan fingerprint density at radius 1 is 1.24 bits per heavy atom. The zero-order chi connectivity index (χ0) is 18.8. The second-order valence-corrected chi connectivity index (χ2v) is 5.94. The van der Waals surface area contributed by atoms with Gasteiger partial charge in [-0.15, -0.1) is 0 Å². The number of esters is 1. The summed E-state index contributed by atoms with van der Waals surface area (Å²) in [6.45, 7) is -0.305. The van der Waals surface area contributed by atoms with Crippen molar-refractivity contribution in [3.63, 3.8) is 0 Å². The van der Waals surface area contributed by atoms with Crippen molar-refractivity contribution in [1.29, 1.82) is 0 Å². The van der Waals surface area contributed by atoms with Gasteiger partial charge < -0.3 is 25.3 Å². The number of carbonyl (C=O) groups excluding carboxylic acids is 3. The first kappa shape index (κ1) is 20.6. The van der Waals surface area contributed by atoms with Crippen LogP contribution in [0, 0.1) is 0 Å². The Morgan fingerprint density at radius 3 is 2.52 bits per heavy atom. The Hall–Kier alpha value is -2.42. The van der Waals surface area contributed by atoms with Gasteiger partial charge in [-0.2, -0.15) is 11.8 Å². The van der Waals surface area contributed by atoms with Crippen LogP contribution in [0.2, 0.25) is 0 Å². The Bertz CT molecular complexity index is 623. The van der Waals surface area contributed by atoms with Crippen molar-refractivity contribution in [2.24, 2.45) is 5.73 Å². The van der Waals surface area contributed by atoms with E-state index in [2.05, 4.69) is 5.32 Å². The lowest BCUT2D eigenvalue weighted by Gasteiger charge is -2.17. The Morgan fingerprint density at radius 2 is 1.96 bits per heavy atom. The van der Waals surface area contributed by atoms with Crippen LogP contribution in [-0.4, -0.2) is 56.7 Å². The van der Waals surface area contributed by atoms with Crippen molar-refractivity contribution in [3.05, 3.63) is 23.8 Å². The van der Waals surface area contributed by atoms with E-state index in [-0.39, 0.29) is 23.7 Å². The highest BCUT2D eigenvalue weighted by atomic mass is 32.2. The topological polar surface area (TPSA) is 117 Å². The molecule has 0 aliphatic carbocycles. The zero-order valence-electron chi connectivity index (χ0n) is 14.4. The number of hydrogen-bond acceptors (Lipinski definition) is 7. The van der Waals surface area contributed by atoms with Gasteiger partial charge in [0.15, 0.2) is 18.1 Å². The fourth-order valence-corrected chi connectivity index (χ4v) is 2.42. The molecule has 138 valence electrons. The molecule has 0 fully saturated rings. The van der Waals surface area contributed by atoms with Gasteiger partial charge in [0.25, 0.3) is 11.8 Å². The first-order valence-electron chi connectivity index (χ1n) is 7.39. The Balaban J connectivity index is 2.88. The van der Waals surface area contributed by atoms with E-state index in [1.807, 2.05) is 6.26 Å². The van der Waals surface area contributed by atoms with E-state index >= 15 is 0 Å². The lowest BCUT2D eigenvalue weighted by atomic mass is 10.1. The molecule has 1 aromatic carbocycles. The van der Waals surface area contributed by atoms with Crippen LogP contribution in [0.4, 0.5) is 0 Å². The normalized spacial score (nSPS) is 11.3. The molecule has 0 saturated heterocycles. The van der Waals surface area contributed by atoms with Gasteiger partial charge in [0.05, 0.1) is 14.2 Å². The molecule has 1 aromatic rings.